The molecule has 9 nitrogen and oxygen atoms in total. The number of nitrogens with zero attached hydrogens (tertiary/aromatic N) is 4. The van der Waals surface area contributed by atoms with Gasteiger partial charge in [0.05, 0.1) is 38.2 Å². The molecule has 0 aliphatic carbocycles. The Kier molecular flexibility index (Phi) is 4.94. The second kappa shape index (κ2) is 7.31. The first-order chi connectivity index (χ1) is 12.0. The van der Waals surface area contributed by atoms with E-state index in [4.69, 9.17) is 5.73 Å². The van der Waals surface area contributed by atoms with Gasteiger partial charge >= 0.3 is 5.69 Å². The summed E-state index contributed by atoms with van der Waals surface area (Å²) in [6, 6.07) is 9.79. The van der Waals surface area contributed by atoms with E-state index in [0.29, 0.717) is 31.4 Å². The van der Waals surface area contributed by atoms with Crippen molar-refractivity contribution in [2.24, 2.45) is 0 Å². The fraction of sp³-hybridized carbons (Fsp3) is 0.375. The maximum atomic E-state index is 11.4. The van der Waals surface area contributed by atoms with Crippen molar-refractivity contribution in [2.75, 3.05) is 49.2 Å². The Bertz CT molecular complexity index is 746. The van der Waals surface area contributed by atoms with E-state index < -0.39 is 4.92 Å². The molecule has 0 radical (unpaired) electrons. The summed E-state index contributed by atoms with van der Waals surface area (Å²) >= 11 is 0. The maximum Gasteiger partial charge on any atom is 0.353 e. The van der Waals surface area contributed by atoms with Gasteiger partial charge in [-0.25, -0.2) is 0 Å². The fourth-order valence-electron chi connectivity index (χ4n) is 2.81. The zero-order valence-corrected chi connectivity index (χ0v) is 14.1. The standard InChI is InChI=1S/C16H21N7O2/c1-21-7-9-22(10-8-21)15-13(23(24)25)14(17)19-16(20-15)18-11-12-5-3-2-4-6-12/h2-6H,7-11H2,1H3,(H3,17,18,19,20)/p+1. The number of aromatic nitrogens is 2. The lowest BCUT2D eigenvalue weighted by atomic mass is 10.2. The molecule has 0 atom stereocenters. The van der Waals surface area contributed by atoms with Gasteiger partial charge in [0.1, 0.15) is 0 Å². The van der Waals surface area contributed by atoms with Gasteiger partial charge in [-0.1, -0.05) is 30.3 Å². The molecule has 0 saturated carbocycles. The van der Waals surface area contributed by atoms with Crippen molar-refractivity contribution in [1.82, 2.24) is 9.97 Å². The quantitative estimate of drug-likeness (QED) is 0.513. The first-order valence-electron chi connectivity index (χ1n) is 8.20. The van der Waals surface area contributed by atoms with Crippen LogP contribution in [-0.2, 0) is 6.54 Å². The van der Waals surface area contributed by atoms with Crippen LogP contribution >= 0.6 is 0 Å². The molecule has 1 aliphatic heterocycles. The third kappa shape index (κ3) is 3.94. The monoisotopic (exact) mass is 344 g/mol. The first kappa shape index (κ1) is 16.9. The fourth-order valence-corrected chi connectivity index (χ4v) is 2.81. The minimum atomic E-state index is -0.503. The number of quaternary nitrogens is 1. The van der Waals surface area contributed by atoms with Crippen molar-refractivity contribution in [3.8, 4) is 0 Å². The van der Waals surface area contributed by atoms with Gasteiger partial charge in [0, 0.05) is 6.54 Å². The highest BCUT2D eigenvalue weighted by molar-refractivity contribution is 5.71. The molecule has 2 heterocycles. The van der Waals surface area contributed by atoms with Crippen LogP contribution in [-0.4, -0.2) is 48.1 Å². The summed E-state index contributed by atoms with van der Waals surface area (Å²) in [7, 11) is 2.10. The first-order valence-corrected chi connectivity index (χ1v) is 8.20. The number of nitrogens with two attached hydrogens (primary N) is 1. The molecule has 1 aromatic carbocycles. The molecule has 0 spiro atoms. The molecule has 25 heavy (non-hydrogen) atoms. The Labute approximate surface area is 145 Å². The smallest absolute Gasteiger partial charge is 0.353 e. The van der Waals surface area contributed by atoms with Crippen LogP contribution < -0.4 is 20.9 Å². The summed E-state index contributed by atoms with van der Waals surface area (Å²) in [6.45, 7) is 3.70. The van der Waals surface area contributed by atoms with Crippen molar-refractivity contribution in [1.29, 1.82) is 0 Å². The number of nitrogens with one attached hydrogen (secondary N) is 2. The highest BCUT2D eigenvalue weighted by Crippen LogP contribution is 2.32. The third-order valence-corrected chi connectivity index (χ3v) is 4.29. The average molecular weight is 344 g/mol. The molecule has 9 heteroatoms. The lowest BCUT2D eigenvalue weighted by Gasteiger charge is -2.30. The van der Waals surface area contributed by atoms with E-state index in [9.17, 15) is 10.1 Å². The molecular weight excluding hydrogens is 322 g/mol. The van der Waals surface area contributed by atoms with Crippen LogP contribution in [0, 0.1) is 10.1 Å². The van der Waals surface area contributed by atoms with Crippen LogP contribution in [0.1, 0.15) is 5.56 Å². The number of benzene rings is 1. The van der Waals surface area contributed by atoms with E-state index in [1.165, 1.54) is 4.90 Å². The van der Waals surface area contributed by atoms with E-state index in [1.807, 2.05) is 35.2 Å². The minimum absolute atomic E-state index is 0.114. The molecule has 1 aromatic heterocycles. The lowest BCUT2D eigenvalue weighted by Crippen LogP contribution is -3.12. The average Bonchev–Trinajstić information content (AvgIpc) is 2.60. The van der Waals surface area contributed by atoms with Crippen molar-refractivity contribution in [3.63, 3.8) is 0 Å². The topological polar surface area (TPSA) is 115 Å². The summed E-state index contributed by atoms with van der Waals surface area (Å²) in [5.41, 5.74) is 6.71. The molecule has 1 aliphatic rings. The van der Waals surface area contributed by atoms with Crippen LogP contribution in [0.3, 0.4) is 0 Å². The van der Waals surface area contributed by atoms with Crippen molar-refractivity contribution in [2.45, 2.75) is 6.54 Å². The number of rotatable bonds is 5. The van der Waals surface area contributed by atoms with E-state index in [-0.39, 0.29) is 11.5 Å². The number of likely N-dealkylation sites (N-methyl/N-ethyl adjacent to an activating group) is 1. The maximum absolute atomic E-state index is 11.4. The molecule has 2 aromatic rings. The Balaban J connectivity index is 1.86. The van der Waals surface area contributed by atoms with Gasteiger partial charge in [0.2, 0.25) is 17.6 Å². The van der Waals surface area contributed by atoms with Crippen LogP contribution in [0.15, 0.2) is 30.3 Å². The summed E-state index contributed by atoms with van der Waals surface area (Å²) in [6.07, 6.45) is 0. The molecule has 1 saturated heterocycles. The van der Waals surface area contributed by atoms with Gasteiger partial charge in [0.15, 0.2) is 0 Å². The summed E-state index contributed by atoms with van der Waals surface area (Å²) in [5, 5.41) is 14.5. The number of nitrogen functional groups attached to an aromatic ring is 1. The molecule has 0 unspecified atom stereocenters. The van der Waals surface area contributed by atoms with E-state index >= 15 is 0 Å². The normalized spacial score (nSPS) is 15.2. The number of anilines is 3. The summed E-state index contributed by atoms with van der Waals surface area (Å²) in [5.74, 6) is 0.477. The Morgan fingerprint density at radius 3 is 2.60 bits per heavy atom. The van der Waals surface area contributed by atoms with Gasteiger partial charge in [-0.2, -0.15) is 9.97 Å². The molecule has 0 bridgehead atoms. The largest absolute Gasteiger partial charge is 0.378 e. The second-order valence-corrected chi connectivity index (χ2v) is 6.15. The van der Waals surface area contributed by atoms with E-state index in [0.717, 1.165) is 18.7 Å². The molecule has 3 rings (SSSR count). The highest BCUT2D eigenvalue weighted by Gasteiger charge is 2.29. The third-order valence-electron chi connectivity index (χ3n) is 4.29. The zero-order valence-electron chi connectivity index (χ0n) is 14.1. The van der Waals surface area contributed by atoms with E-state index in [1.54, 1.807) is 0 Å². The zero-order chi connectivity index (χ0) is 17.8. The van der Waals surface area contributed by atoms with Crippen LogP contribution in [0.5, 0.6) is 0 Å². The Morgan fingerprint density at radius 1 is 1.28 bits per heavy atom. The SMILES string of the molecule is C[NH+]1CCN(c2nc(NCc3ccccc3)nc(N)c2[N+](=O)[O-])CC1. The molecular formula is C16H22N7O2+. The molecule has 4 N–H and O–H groups in total. The summed E-state index contributed by atoms with van der Waals surface area (Å²) < 4.78 is 0. The molecule has 1 fully saturated rings. The van der Waals surface area contributed by atoms with E-state index in [2.05, 4.69) is 22.3 Å². The lowest BCUT2D eigenvalue weighted by molar-refractivity contribution is -0.880. The van der Waals surface area contributed by atoms with Gasteiger partial charge in [-0.15, -0.1) is 0 Å². The number of piperazine rings is 1. The summed E-state index contributed by atoms with van der Waals surface area (Å²) in [4.78, 5) is 22.7. The Morgan fingerprint density at radius 2 is 1.96 bits per heavy atom. The van der Waals surface area contributed by atoms with Crippen LogP contribution in [0.4, 0.5) is 23.3 Å². The molecule has 132 valence electrons. The van der Waals surface area contributed by atoms with Crippen molar-refractivity contribution >= 4 is 23.3 Å². The number of nitro groups is 1. The van der Waals surface area contributed by atoms with Gasteiger partial charge in [-0.3, -0.25) is 10.1 Å². The van der Waals surface area contributed by atoms with Gasteiger partial charge < -0.3 is 20.9 Å². The number of hydrogen-bond acceptors (Lipinski definition) is 7. The Hall–Kier alpha value is -2.94. The van der Waals surface area contributed by atoms with Crippen LogP contribution in [0.25, 0.3) is 0 Å². The van der Waals surface area contributed by atoms with Gasteiger partial charge in [-0.05, 0) is 5.56 Å². The van der Waals surface area contributed by atoms with Crippen molar-refractivity contribution in [3.05, 3.63) is 46.0 Å². The minimum Gasteiger partial charge on any atom is -0.378 e. The molecule has 0 amide bonds. The predicted octanol–water partition coefficient (Wildman–Crippen LogP) is -0.0862. The van der Waals surface area contributed by atoms with Gasteiger partial charge in [0.25, 0.3) is 0 Å². The predicted molar refractivity (Wildman–Crippen MR) is 95.7 cm³/mol. The van der Waals surface area contributed by atoms with Crippen molar-refractivity contribution < 1.29 is 9.82 Å². The number of hydrogen-bond donors (Lipinski definition) is 3. The van der Waals surface area contributed by atoms with Crippen LogP contribution in [0.2, 0.25) is 0 Å². The highest BCUT2D eigenvalue weighted by atomic mass is 16.6. The second-order valence-electron chi connectivity index (χ2n) is 6.15.